The van der Waals surface area contributed by atoms with Crippen LogP contribution in [0.15, 0.2) is 18.2 Å². The molecule has 1 aromatic rings. The van der Waals surface area contributed by atoms with E-state index < -0.39 is 0 Å². The fraction of sp³-hybridized carbons (Fsp3) is 0.600. The molecule has 6 heteroatoms. The molecule has 0 aromatic heterocycles. The maximum absolute atomic E-state index is 11.1. The van der Waals surface area contributed by atoms with Crippen LogP contribution in [0, 0.1) is 10.1 Å². The molecule has 116 valence electrons. The fourth-order valence-corrected chi connectivity index (χ4v) is 4.14. The van der Waals surface area contributed by atoms with Crippen molar-refractivity contribution in [3.8, 4) is 0 Å². The Balaban J connectivity index is 2.01. The van der Waals surface area contributed by atoms with Gasteiger partial charge < -0.3 is 5.32 Å². The van der Waals surface area contributed by atoms with Crippen LogP contribution >= 0.6 is 23.4 Å². The van der Waals surface area contributed by atoms with Gasteiger partial charge in [-0.25, -0.2) is 0 Å². The first-order valence-electron chi connectivity index (χ1n) is 7.26. The summed E-state index contributed by atoms with van der Waals surface area (Å²) in [5.41, 5.74) is 0.674. The number of benzene rings is 1. The third kappa shape index (κ3) is 4.11. The normalized spacial score (nSPS) is 17.6. The number of nitrogens with zero attached hydrogens (tertiary/aromatic N) is 1. The van der Waals surface area contributed by atoms with E-state index >= 15 is 0 Å². The molecule has 0 unspecified atom stereocenters. The molecule has 0 aliphatic heterocycles. The molecule has 0 spiro atoms. The van der Waals surface area contributed by atoms with Crippen molar-refractivity contribution >= 4 is 29.1 Å². The minimum Gasteiger partial charge on any atom is -0.311 e. The van der Waals surface area contributed by atoms with Gasteiger partial charge in [0, 0.05) is 23.9 Å². The molecule has 1 fully saturated rings. The smallest absolute Gasteiger partial charge is 0.275 e. The highest BCUT2D eigenvalue weighted by atomic mass is 35.5. The molecule has 0 bridgehead atoms. The van der Waals surface area contributed by atoms with E-state index in [1.165, 1.54) is 38.2 Å². The Morgan fingerprint density at radius 2 is 2.10 bits per heavy atom. The van der Waals surface area contributed by atoms with E-state index in [9.17, 15) is 10.1 Å². The highest BCUT2D eigenvalue weighted by Gasteiger charge is 2.30. The molecule has 21 heavy (non-hydrogen) atoms. The van der Waals surface area contributed by atoms with Crippen LogP contribution in [0.3, 0.4) is 0 Å². The van der Waals surface area contributed by atoms with Crippen LogP contribution in [-0.2, 0) is 6.54 Å². The molecule has 4 nitrogen and oxygen atoms in total. The summed E-state index contributed by atoms with van der Waals surface area (Å²) >= 11 is 8.03. The number of nitro groups is 1. The second-order valence-corrected chi connectivity index (χ2v) is 7.23. The molecule has 0 amide bonds. The van der Waals surface area contributed by atoms with Crippen molar-refractivity contribution in [2.45, 2.75) is 43.4 Å². The monoisotopic (exact) mass is 328 g/mol. The Kier molecular flexibility index (Phi) is 5.90. The largest absolute Gasteiger partial charge is 0.311 e. The van der Waals surface area contributed by atoms with Gasteiger partial charge in [-0.1, -0.05) is 36.9 Å². The molecule has 2 rings (SSSR count). The maximum Gasteiger partial charge on any atom is 0.275 e. The lowest BCUT2D eigenvalue weighted by atomic mass is 9.88. The number of hydrogen-bond donors (Lipinski definition) is 1. The quantitative estimate of drug-likeness (QED) is 0.621. The Bertz CT molecular complexity index is 504. The van der Waals surface area contributed by atoms with Gasteiger partial charge in [-0.3, -0.25) is 10.1 Å². The van der Waals surface area contributed by atoms with Crippen LogP contribution in [0.5, 0.6) is 0 Å². The van der Waals surface area contributed by atoms with E-state index in [-0.39, 0.29) is 15.4 Å². The van der Waals surface area contributed by atoms with Gasteiger partial charge in [0.15, 0.2) is 0 Å². The van der Waals surface area contributed by atoms with Gasteiger partial charge in [0.2, 0.25) is 0 Å². The summed E-state index contributed by atoms with van der Waals surface area (Å²) < 4.78 is 0.272. The van der Waals surface area contributed by atoms with Crippen molar-refractivity contribution in [1.29, 1.82) is 0 Å². The van der Waals surface area contributed by atoms with Crippen molar-refractivity contribution in [2.24, 2.45) is 0 Å². The van der Waals surface area contributed by atoms with E-state index in [2.05, 4.69) is 11.6 Å². The Morgan fingerprint density at radius 1 is 1.38 bits per heavy atom. The zero-order chi connectivity index (χ0) is 15.3. The van der Waals surface area contributed by atoms with Crippen molar-refractivity contribution in [3.63, 3.8) is 0 Å². The first-order valence-corrected chi connectivity index (χ1v) is 8.86. The van der Waals surface area contributed by atoms with Crippen molar-refractivity contribution < 1.29 is 4.92 Å². The Hall–Kier alpha value is -0.780. The van der Waals surface area contributed by atoms with Crippen LogP contribution < -0.4 is 5.32 Å². The third-order valence-corrected chi connectivity index (χ3v) is 6.01. The summed E-state index contributed by atoms with van der Waals surface area (Å²) in [6, 6.07) is 4.83. The van der Waals surface area contributed by atoms with E-state index in [1.54, 1.807) is 12.1 Å². The molecule has 1 aromatic carbocycles. The van der Waals surface area contributed by atoms with E-state index in [0.29, 0.717) is 17.1 Å². The molecule has 0 atom stereocenters. The zero-order valence-electron chi connectivity index (χ0n) is 12.2. The third-order valence-electron chi connectivity index (χ3n) is 4.24. The minimum absolute atomic E-state index is 0.0943. The van der Waals surface area contributed by atoms with Gasteiger partial charge >= 0.3 is 0 Å². The van der Waals surface area contributed by atoms with Gasteiger partial charge in [0.05, 0.1) is 15.5 Å². The molecule has 0 saturated heterocycles. The lowest BCUT2D eigenvalue weighted by Crippen LogP contribution is -2.39. The van der Waals surface area contributed by atoms with Crippen molar-refractivity contribution in [3.05, 3.63) is 38.9 Å². The predicted octanol–water partition coefficient (Wildman–Crippen LogP) is 4.40. The average molecular weight is 329 g/mol. The molecule has 0 heterocycles. The number of hydrogen-bond acceptors (Lipinski definition) is 4. The Morgan fingerprint density at radius 3 is 2.71 bits per heavy atom. The molecule has 1 aliphatic carbocycles. The van der Waals surface area contributed by atoms with Crippen LogP contribution in [-0.4, -0.2) is 22.5 Å². The zero-order valence-corrected chi connectivity index (χ0v) is 13.8. The van der Waals surface area contributed by atoms with Gasteiger partial charge in [0.1, 0.15) is 0 Å². The summed E-state index contributed by atoms with van der Waals surface area (Å²) in [7, 11) is 0. The second-order valence-electron chi connectivity index (χ2n) is 5.55. The standard InChI is InChI=1S/C15H21ClN2O2S/c1-21-15(8-3-2-4-9-15)11-17-10-12-13(16)6-5-7-14(12)18(19)20/h5-7,17H,2-4,8-11H2,1H3. The first kappa shape index (κ1) is 16.6. The summed E-state index contributed by atoms with van der Waals surface area (Å²) in [6.07, 6.45) is 8.45. The number of nitro benzene ring substituents is 1. The van der Waals surface area contributed by atoms with Crippen molar-refractivity contribution in [1.82, 2.24) is 5.32 Å². The summed E-state index contributed by atoms with van der Waals surface area (Å²) in [6.45, 7) is 1.31. The summed E-state index contributed by atoms with van der Waals surface area (Å²) in [5, 5.41) is 14.9. The Labute approximate surface area is 134 Å². The number of halogens is 1. The topological polar surface area (TPSA) is 55.2 Å². The SMILES string of the molecule is CSC1(CNCc2c(Cl)cccc2[N+](=O)[O-])CCCCC1. The predicted molar refractivity (Wildman–Crippen MR) is 89.1 cm³/mol. The minimum atomic E-state index is -0.367. The van der Waals surface area contributed by atoms with Crippen LogP contribution in [0.4, 0.5) is 5.69 Å². The van der Waals surface area contributed by atoms with Gasteiger partial charge in [-0.05, 0) is 25.2 Å². The summed E-state index contributed by atoms with van der Waals surface area (Å²) in [5.74, 6) is 0. The van der Waals surface area contributed by atoms with Gasteiger partial charge in [0.25, 0.3) is 5.69 Å². The van der Waals surface area contributed by atoms with Gasteiger partial charge in [-0.15, -0.1) is 0 Å². The van der Waals surface area contributed by atoms with E-state index in [4.69, 9.17) is 11.6 Å². The number of nitrogens with one attached hydrogen (secondary N) is 1. The molecule has 1 aliphatic rings. The van der Waals surface area contributed by atoms with E-state index in [1.807, 2.05) is 11.8 Å². The molecular weight excluding hydrogens is 308 g/mol. The van der Waals surface area contributed by atoms with Gasteiger partial charge in [-0.2, -0.15) is 11.8 Å². The number of thioether (sulfide) groups is 1. The van der Waals surface area contributed by atoms with Crippen LogP contribution in [0.1, 0.15) is 37.7 Å². The summed E-state index contributed by atoms with van der Waals surface area (Å²) in [4.78, 5) is 10.7. The lowest BCUT2D eigenvalue weighted by molar-refractivity contribution is -0.385. The number of rotatable bonds is 6. The lowest BCUT2D eigenvalue weighted by Gasteiger charge is -2.36. The average Bonchev–Trinajstić information content (AvgIpc) is 2.49. The fourth-order valence-electron chi connectivity index (χ4n) is 2.96. The molecule has 1 saturated carbocycles. The van der Waals surface area contributed by atoms with Crippen molar-refractivity contribution in [2.75, 3.05) is 12.8 Å². The highest BCUT2D eigenvalue weighted by molar-refractivity contribution is 8.00. The molecule has 0 radical (unpaired) electrons. The maximum atomic E-state index is 11.1. The first-order chi connectivity index (χ1) is 10.1. The second kappa shape index (κ2) is 7.47. The molecule has 1 N–H and O–H groups in total. The van der Waals surface area contributed by atoms with Crippen LogP contribution in [0.2, 0.25) is 5.02 Å². The van der Waals surface area contributed by atoms with E-state index in [0.717, 1.165) is 6.54 Å². The highest BCUT2D eigenvalue weighted by Crippen LogP contribution is 2.38. The molecular formula is C15H21ClN2O2S. The van der Waals surface area contributed by atoms with Crippen LogP contribution in [0.25, 0.3) is 0 Å².